The zero-order chi connectivity index (χ0) is 14.7. The minimum atomic E-state index is -0.479. The highest BCUT2D eigenvalue weighted by atomic mass is 19.1. The minimum Gasteiger partial charge on any atom is -0.314 e. The summed E-state index contributed by atoms with van der Waals surface area (Å²) in [6, 6.07) is 4.40. The number of hydrogen-bond donors (Lipinski definition) is 1. The molecular weight excluding hydrogens is 268 g/mol. The second-order valence-electron chi connectivity index (χ2n) is 6.80. The normalized spacial score (nSPS) is 29.1. The predicted molar refractivity (Wildman–Crippen MR) is 81.2 cm³/mol. The van der Waals surface area contributed by atoms with Crippen molar-refractivity contribution in [1.29, 1.82) is 0 Å². The standard InChI is InChI=1S/C18H25F2N/c19-16-9-13(10-17(20)12-16)7-8-21-18-6-5-14-3-1-2-4-15(14)11-18/h9-10,12,14-15,18,21H,1-8,11H2. The number of rotatable bonds is 4. The van der Waals surface area contributed by atoms with E-state index in [9.17, 15) is 8.78 Å². The first kappa shape index (κ1) is 15.0. The lowest BCUT2D eigenvalue weighted by atomic mass is 9.69. The molecule has 0 heterocycles. The van der Waals surface area contributed by atoms with E-state index in [1.165, 1.54) is 57.1 Å². The first-order valence-corrected chi connectivity index (χ1v) is 8.39. The zero-order valence-corrected chi connectivity index (χ0v) is 12.6. The monoisotopic (exact) mass is 293 g/mol. The van der Waals surface area contributed by atoms with Gasteiger partial charge < -0.3 is 5.32 Å². The van der Waals surface area contributed by atoms with E-state index in [2.05, 4.69) is 5.32 Å². The summed E-state index contributed by atoms with van der Waals surface area (Å²) in [5.74, 6) is 0.922. The maximum atomic E-state index is 13.1. The van der Waals surface area contributed by atoms with Gasteiger partial charge in [0.1, 0.15) is 11.6 Å². The molecule has 2 aliphatic rings. The highest BCUT2D eigenvalue weighted by Gasteiger charge is 2.31. The van der Waals surface area contributed by atoms with E-state index >= 15 is 0 Å². The summed E-state index contributed by atoms with van der Waals surface area (Å²) < 4.78 is 26.3. The maximum absolute atomic E-state index is 13.1. The molecule has 3 heteroatoms. The molecule has 3 unspecified atom stereocenters. The molecule has 0 spiro atoms. The Labute approximate surface area is 126 Å². The van der Waals surface area contributed by atoms with Gasteiger partial charge in [0.25, 0.3) is 0 Å². The molecular formula is C18H25F2N. The molecule has 2 saturated carbocycles. The van der Waals surface area contributed by atoms with Crippen LogP contribution in [0.5, 0.6) is 0 Å². The minimum absolute atomic E-state index is 0.479. The highest BCUT2D eigenvalue weighted by molar-refractivity contribution is 5.18. The van der Waals surface area contributed by atoms with Crippen molar-refractivity contribution < 1.29 is 8.78 Å². The van der Waals surface area contributed by atoms with Crippen LogP contribution < -0.4 is 5.32 Å². The van der Waals surface area contributed by atoms with Crippen LogP contribution >= 0.6 is 0 Å². The molecule has 1 N–H and O–H groups in total. The maximum Gasteiger partial charge on any atom is 0.126 e. The van der Waals surface area contributed by atoms with Crippen molar-refractivity contribution in [3.63, 3.8) is 0 Å². The SMILES string of the molecule is Fc1cc(F)cc(CCNC2CCC3CCCCC3C2)c1. The molecule has 0 amide bonds. The Kier molecular flexibility index (Phi) is 4.89. The molecule has 0 bridgehead atoms. The van der Waals surface area contributed by atoms with Crippen molar-refractivity contribution in [3.8, 4) is 0 Å². The van der Waals surface area contributed by atoms with E-state index in [1.807, 2.05) is 0 Å². The molecule has 0 saturated heterocycles. The fraction of sp³-hybridized carbons (Fsp3) is 0.667. The van der Waals surface area contributed by atoms with Crippen LogP contribution in [0.4, 0.5) is 8.78 Å². The molecule has 2 aliphatic carbocycles. The van der Waals surface area contributed by atoms with Crippen LogP contribution in [-0.2, 0) is 6.42 Å². The van der Waals surface area contributed by atoms with E-state index in [0.717, 1.165) is 30.0 Å². The molecule has 2 fully saturated rings. The van der Waals surface area contributed by atoms with Gasteiger partial charge in [-0.3, -0.25) is 0 Å². The first-order valence-electron chi connectivity index (χ1n) is 8.39. The first-order chi connectivity index (χ1) is 10.2. The van der Waals surface area contributed by atoms with Gasteiger partial charge in [0, 0.05) is 12.1 Å². The molecule has 1 nitrogen and oxygen atoms in total. The number of benzene rings is 1. The van der Waals surface area contributed by atoms with Crippen molar-refractivity contribution in [2.24, 2.45) is 11.8 Å². The number of nitrogens with one attached hydrogen (secondary N) is 1. The Morgan fingerprint density at radius 3 is 2.38 bits per heavy atom. The smallest absolute Gasteiger partial charge is 0.126 e. The average molecular weight is 293 g/mol. The molecule has 116 valence electrons. The van der Waals surface area contributed by atoms with Crippen LogP contribution in [0, 0.1) is 23.5 Å². The number of halogens is 2. The number of hydrogen-bond acceptors (Lipinski definition) is 1. The molecule has 0 aliphatic heterocycles. The van der Waals surface area contributed by atoms with Crippen molar-refractivity contribution in [2.45, 2.75) is 57.4 Å². The highest BCUT2D eigenvalue weighted by Crippen LogP contribution is 2.40. The number of fused-ring (bicyclic) bond motifs is 1. The quantitative estimate of drug-likeness (QED) is 0.864. The van der Waals surface area contributed by atoms with Crippen molar-refractivity contribution in [2.75, 3.05) is 6.54 Å². The Bertz CT molecular complexity index is 454. The molecule has 0 radical (unpaired) electrons. The summed E-state index contributed by atoms with van der Waals surface area (Å²) >= 11 is 0. The Morgan fingerprint density at radius 1 is 0.905 bits per heavy atom. The van der Waals surface area contributed by atoms with Gasteiger partial charge in [-0.15, -0.1) is 0 Å². The van der Waals surface area contributed by atoms with Gasteiger partial charge in [0.15, 0.2) is 0 Å². The second kappa shape index (κ2) is 6.87. The van der Waals surface area contributed by atoms with Crippen molar-refractivity contribution in [1.82, 2.24) is 5.32 Å². The van der Waals surface area contributed by atoms with Gasteiger partial charge >= 0.3 is 0 Å². The zero-order valence-electron chi connectivity index (χ0n) is 12.6. The predicted octanol–water partition coefficient (Wildman–Crippen LogP) is 4.46. The van der Waals surface area contributed by atoms with Crippen molar-refractivity contribution >= 4 is 0 Å². The van der Waals surface area contributed by atoms with Crippen LogP contribution in [0.25, 0.3) is 0 Å². The third-order valence-electron chi connectivity index (χ3n) is 5.31. The summed E-state index contributed by atoms with van der Waals surface area (Å²) in [7, 11) is 0. The van der Waals surface area contributed by atoms with Gasteiger partial charge in [0.05, 0.1) is 0 Å². The Balaban J connectivity index is 1.45. The summed E-state index contributed by atoms with van der Waals surface area (Å²) in [6.07, 6.45) is 10.3. The summed E-state index contributed by atoms with van der Waals surface area (Å²) in [6.45, 7) is 0.810. The third-order valence-corrected chi connectivity index (χ3v) is 5.31. The van der Waals surface area contributed by atoms with E-state index in [0.29, 0.717) is 12.5 Å². The van der Waals surface area contributed by atoms with Crippen LogP contribution in [0.1, 0.15) is 50.5 Å². The topological polar surface area (TPSA) is 12.0 Å². The van der Waals surface area contributed by atoms with Crippen LogP contribution in [0.3, 0.4) is 0 Å². The fourth-order valence-corrected chi connectivity index (χ4v) is 4.23. The largest absolute Gasteiger partial charge is 0.314 e. The molecule has 21 heavy (non-hydrogen) atoms. The van der Waals surface area contributed by atoms with E-state index in [4.69, 9.17) is 0 Å². The fourth-order valence-electron chi connectivity index (χ4n) is 4.23. The molecule has 3 rings (SSSR count). The van der Waals surface area contributed by atoms with Crippen LogP contribution in [-0.4, -0.2) is 12.6 Å². The second-order valence-corrected chi connectivity index (χ2v) is 6.80. The van der Waals surface area contributed by atoms with E-state index in [-0.39, 0.29) is 0 Å². The lowest BCUT2D eigenvalue weighted by molar-refractivity contribution is 0.144. The van der Waals surface area contributed by atoms with Gasteiger partial charge in [-0.1, -0.05) is 25.7 Å². The molecule has 0 aromatic heterocycles. The molecule has 3 atom stereocenters. The van der Waals surface area contributed by atoms with Gasteiger partial charge in [-0.2, -0.15) is 0 Å². The summed E-state index contributed by atoms with van der Waals surface area (Å²) in [5.41, 5.74) is 0.742. The lowest BCUT2D eigenvalue weighted by Gasteiger charge is -2.39. The lowest BCUT2D eigenvalue weighted by Crippen LogP contribution is -2.39. The molecule has 1 aromatic carbocycles. The van der Waals surface area contributed by atoms with Crippen LogP contribution in [0.2, 0.25) is 0 Å². The Hall–Kier alpha value is -0.960. The van der Waals surface area contributed by atoms with Gasteiger partial charge in [-0.25, -0.2) is 8.78 Å². The van der Waals surface area contributed by atoms with Gasteiger partial charge in [0.2, 0.25) is 0 Å². The third kappa shape index (κ3) is 4.03. The summed E-state index contributed by atoms with van der Waals surface area (Å²) in [4.78, 5) is 0. The van der Waals surface area contributed by atoms with E-state index < -0.39 is 11.6 Å². The molecule has 1 aromatic rings. The average Bonchev–Trinajstić information content (AvgIpc) is 2.46. The Morgan fingerprint density at radius 2 is 1.62 bits per heavy atom. The van der Waals surface area contributed by atoms with Crippen LogP contribution in [0.15, 0.2) is 18.2 Å². The van der Waals surface area contributed by atoms with Gasteiger partial charge in [-0.05, 0) is 61.8 Å². The van der Waals surface area contributed by atoms with E-state index in [1.54, 1.807) is 0 Å². The summed E-state index contributed by atoms with van der Waals surface area (Å²) in [5, 5.41) is 3.60. The van der Waals surface area contributed by atoms with Crippen molar-refractivity contribution in [3.05, 3.63) is 35.4 Å².